The zero-order chi connectivity index (χ0) is 22.1. The normalized spacial score (nSPS) is 13.4. The van der Waals surface area contributed by atoms with Crippen LogP contribution >= 0.6 is 23.2 Å². The van der Waals surface area contributed by atoms with Crippen molar-refractivity contribution in [2.24, 2.45) is 4.99 Å². The summed E-state index contributed by atoms with van der Waals surface area (Å²) >= 11 is 11.7. The molecule has 0 heterocycles. The van der Waals surface area contributed by atoms with Crippen molar-refractivity contribution in [1.29, 1.82) is 0 Å². The average molecular weight is 454 g/mol. The summed E-state index contributed by atoms with van der Waals surface area (Å²) in [4.78, 5) is 16.7. The third-order valence-corrected chi connectivity index (χ3v) is 5.07. The maximum Gasteiger partial charge on any atom is 0.269 e. The molecule has 0 bridgehead atoms. The summed E-state index contributed by atoms with van der Waals surface area (Å²) < 4.78 is 0. The van der Waals surface area contributed by atoms with Gasteiger partial charge in [-0.2, -0.15) is 0 Å². The number of halogens is 2. The number of aliphatic imine (C=N–C) groups is 1. The standard InChI is InChI=1S/C21H25Cl2N3O4/c1-15-12-19(25(10-8-22)11-9-23)7-4-17(15)13-24-20(14-27)21(28)16-2-5-18(6-3-16)26(29)30/h2-7,12-13,20-21,27-28H,8-11,14H2,1H3. The van der Waals surface area contributed by atoms with Crippen LogP contribution in [0.3, 0.4) is 0 Å². The Balaban J connectivity index is 2.16. The molecule has 2 atom stereocenters. The second kappa shape index (κ2) is 11.9. The lowest BCUT2D eigenvalue weighted by Gasteiger charge is -2.23. The summed E-state index contributed by atoms with van der Waals surface area (Å²) in [6.07, 6.45) is 0.525. The van der Waals surface area contributed by atoms with Crippen LogP contribution in [0.2, 0.25) is 0 Å². The Kier molecular flexibility index (Phi) is 9.52. The molecule has 0 saturated heterocycles. The number of non-ortho nitro benzene ring substituents is 1. The zero-order valence-electron chi connectivity index (χ0n) is 16.6. The minimum atomic E-state index is -1.09. The highest BCUT2D eigenvalue weighted by Gasteiger charge is 2.20. The lowest BCUT2D eigenvalue weighted by atomic mass is 10.0. The summed E-state index contributed by atoms with van der Waals surface area (Å²) in [5.41, 5.74) is 3.22. The first-order valence-electron chi connectivity index (χ1n) is 9.45. The van der Waals surface area contributed by atoms with Crippen LogP contribution in [0, 0.1) is 17.0 Å². The molecule has 0 aromatic heterocycles. The van der Waals surface area contributed by atoms with E-state index in [-0.39, 0.29) is 12.3 Å². The molecule has 2 unspecified atom stereocenters. The SMILES string of the molecule is Cc1cc(N(CCCl)CCCl)ccc1C=NC(CO)C(O)c1ccc([N+](=O)[O-])cc1. The van der Waals surface area contributed by atoms with Crippen molar-refractivity contribution in [1.82, 2.24) is 0 Å². The first kappa shape index (κ1) is 24.1. The number of hydrogen-bond donors (Lipinski definition) is 2. The van der Waals surface area contributed by atoms with Gasteiger partial charge in [0.1, 0.15) is 12.1 Å². The van der Waals surface area contributed by atoms with Gasteiger partial charge in [-0.1, -0.05) is 6.07 Å². The molecule has 2 rings (SSSR count). The molecule has 7 nitrogen and oxygen atoms in total. The topological polar surface area (TPSA) is 99.2 Å². The third-order valence-electron chi connectivity index (χ3n) is 4.73. The average Bonchev–Trinajstić information content (AvgIpc) is 2.74. The molecule has 2 aromatic rings. The molecule has 9 heteroatoms. The first-order chi connectivity index (χ1) is 14.4. The van der Waals surface area contributed by atoms with E-state index in [9.17, 15) is 20.3 Å². The minimum absolute atomic E-state index is 0.0666. The molecule has 0 aliphatic carbocycles. The molecule has 2 aromatic carbocycles. The minimum Gasteiger partial charge on any atom is -0.394 e. The van der Waals surface area contributed by atoms with Crippen LogP contribution < -0.4 is 4.90 Å². The number of nitrogens with zero attached hydrogens (tertiary/aromatic N) is 3. The van der Waals surface area contributed by atoms with E-state index >= 15 is 0 Å². The largest absolute Gasteiger partial charge is 0.394 e. The predicted octanol–water partition coefficient (Wildman–Crippen LogP) is 3.70. The van der Waals surface area contributed by atoms with Crippen LogP contribution in [0.25, 0.3) is 0 Å². The van der Waals surface area contributed by atoms with Gasteiger partial charge < -0.3 is 15.1 Å². The molecule has 2 N–H and O–H groups in total. The van der Waals surface area contributed by atoms with Gasteiger partial charge in [-0.05, 0) is 47.9 Å². The van der Waals surface area contributed by atoms with Crippen LogP contribution in [0.4, 0.5) is 11.4 Å². The van der Waals surface area contributed by atoms with Crippen molar-refractivity contribution in [3.8, 4) is 0 Å². The van der Waals surface area contributed by atoms with Crippen LogP contribution in [-0.4, -0.2) is 58.8 Å². The maximum absolute atomic E-state index is 10.8. The molecule has 0 radical (unpaired) electrons. The highest BCUT2D eigenvalue weighted by molar-refractivity contribution is 6.18. The number of hydrogen-bond acceptors (Lipinski definition) is 6. The summed E-state index contributed by atoms with van der Waals surface area (Å²) in [5, 5.41) is 31.0. The highest BCUT2D eigenvalue weighted by Crippen LogP contribution is 2.23. The number of anilines is 1. The van der Waals surface area contributed by atoms with Gasteiger partial charge in [-0.15, -0.1) is 23.2 Å². The number of aryl methyl sites for hydroxylation is 1. The smallest absolute Gasteiger partial charge is 0.269 e. The fraction of sp³-hybridized carbons (Fsp3) is 0.381. The number of nitro groups is 1. The zero-order valence-corrected chi connectivity index (χ0v) is 18.1. The molecular weight excluding hydrogens is 429 g/mol. The lowest BCUT2D eigenvalue weighted by Crippen LogP contribution is -2.27. The quantitative estimate of drug-likeness (QED) is 0.234. The second-order valence-electron chi connectivity index (χ2n) is 6.73. The van der Waals surface area contributed by atoms with Crippen molar-refractivity contribution in [2.45, 2.75) is 19.1 Å². The lowest BCUT2D eigenvalue weighted by molar-refractivity contribution is -0.384. The molecule has 0 aliphatic rings. The van der Waals surface area contributed by atoms with E-state index in [0.29, 0.717) is 30.4 Å². The molecule has 0 fully saturated rings. The van der Waals surface area contributed by atoms with E-state index in [1.807, 2.05) is 25.1 Å². The molecule has 30 heavy (non-hydrogen) atoms. The van der Waals surface area contributed by atoms with Gasteiger partial charge in [-0.25, -0.2) is 0 Å². The Morgan fingerprint density at radius 3 is 2.30 bits per heavy atom. The maximum atomic E-state index is 10.8. The third kappa shape index (κ3) is 6.40. The van der Waals surface area contributed by atoms with Crippen LogP contribution in [0.15, 0.2) is 47.5 Å². The Bertz CT molecular complexity index is 856. The summed E-state index contributed by atoms with van der Waals surface area (Å²) in [5.74, 6) is 0.996. The highest BCUT2D eigenvalue weighted by atomic mass is 35.5. The van der Waals surface area contributed by atoms with E-state index in [0.717, 1.165) is 16.8 Å². The van der Waals surface area contributed by atoms with Crippen molar-refractivity contribution in [2.75, 3.05) is 36.4 Å². The molecule has 0 saturated carbocycles. The number of aliphatic hydroxyl groups excluding tert-OH is 2. The van der Waals surface area contributed by atoms with Gasteiger partial charge in [-0.3, -0.25) is 15.1 Å². The summed E-state index contributed by atoms with van der Waals surface area (Å²) in [7, 11) is 0. The monoisotopic (exact) mass is 453 g/mol. The Morgan fingerprint density at radius 2 is 1.80 bits per heavy atom. The number of nitro benzene ring substituents is 1. The van der Waals surface area contributed by atoms with E-state index < -0.39 is 17.1 Å². The van der Waals surface area contributed by atoms with Crippen molar-refractivity contribution in [3.05, 3.63) is 69.3 Å². The van der Waals surface area contributed by atoms with E-state index in [1.54, 1.807) is 6.21 Å². The number of rotatable bonds is 11. The molecule has 0 aliphatic heterocycles. The van der Waals surface area contributed by atoms with Crippen molar-refractivity contribution < 1.29 is 15.1 Å². The van der Waals surface area contributed by atoms with Crippen molar-refractivity contribution >= 4 is 40.8 Å². The molecule has 0 amide bonds. The Morgan fingerprint density at radius 1 is 1.17 bits per heavy atom. The van der Waals surface area contributed by atoms with E-state index in [4.69, 9.17) is 23.2 Å². The van der Waals surface area contributed by atoms with Gasteiger partial charge in [0.2, 0.25) is 0 Å². The number of aliphatic hydroxyl groups is 2. The van der Waals surface area contributed by atoms with E-state index in [1.165, 1.54) is 24.3 Å². The number of alkyl halides is 2. The summed E-state index contributed by atoms with van der Waals surface area (Å²) in [6.45, 7) is 2.96. The molecule has 162 valence electrons. The fourth-order valence-corrected chi connectivity index (χ4v) is 3.40. The second-order valence-corrected chi connectivity index (χ2v) is 7.48. The molecule has 0 spiro atoms. The van der Waals surface area contributed by atoms with Gasteiger partial charge in [0.15, 0.2) is 0 Å². The van der Waals surface area contributed by atoms with Crippen molar-refractivity contribution in [3.63, 3.8) is 0 Å². The van der Waals surface area contributed by atoms with E-state index in [2.05, 4.69) is 9.89 Å². The summed E-state index contributed by atoms with van der Waals surface area (Å²) in [6, 6.07) is 10.6. The van der Waals surface area contributed by atoms with Gasteiger partial charge in [0, 0.05) is 48.9 Å². The van der Waals surface area contributed by atoms with Crippen LogP contribution in [-0.2, 0) is 0 Å². The van der Waals surface area contributed by atoms with Gasteiger partial charge in [0.05, 0.1) is 11.5 Å². The Hall–Kier alpha value is -2.19. The Labute approximate surface area is 185 Å². The van der Waals surface area contributed by atoms with Gasteiger partial charge >= 0.3 is 0 Å². The fourth-order valence-electron chi connectivity index (χ4n) is 3.00. The molecular formula is C21H25Cl2N3O4. The first-order valence-corrected chi connectivity index (χ1v) is 10.5. The predicted molar refractivity (Wildman–Crippen MR) is 121 cm³/mol. The van der Waals surface area contributed by atoms with Crippen LogP contribution in [0.1, 0.15) is 22.8 Å². The number of benzene rings is 2. The van der Waals surface area contributed by atoms with Gasteiger partial charge in [0.25, 0.3) is 5.69 Å². The van der Waals surface area contributed by atoms with Crippen LogP contribution in [0.5, 0.6) is 0 Å².